The van der Waals surface area contributed by atoms with Crippen LogP contribution in [0.25, 0.3) is 0 Å². The van der Waals surface area contributed by atoms with Crippen LogP contribution in [-0.2, 0) is 0 Å². The maximum Gasteiger partial charge on any atom is 0.283 e. The molecule has 0 unspecified atom stereocenters. The standard InChI is InChI=1S/C12H15BrN2O2.ClH/c13-10-6-5-9(7-11(10)15(16)17)12(14)8-3-1-2-4-8;/h5-8,12H,1-4,14H2;1H/t12-;/m0./s1. The molecule has 1 atom stereocenters. The minimum atomic E-state index is -0.380. The van der Waals surface area contributed by atoms with E-state index in [0.717, 1.165) is 18.4 Å². The van der Waals surface area contributed by atoms with Gasteiger partial charge in [0.2, 0.25) is 0 Å². The number of nitrogens with zero attached hydrogens (tertiary/aromatic N) is 1. The first-order valence-corrected chi connectivity index (χ1v) is 6.58. The second kappa shape index (κ2) is 6.50. The van der Waals surface area contributed by atoms with Crippen molar-refractivity contribution in [3.8, 4) is 0 Å². The molecule has 0 aliphatic heterocycles. The number of hydrogen-bond donors (Lipinski definition) is 1. The van der Waals surface area contributed by atoms with E-state index >= 15 is 0 Å². The highest BCUT2D eigenvalue weighted by atomic mass is 79.9. The SMILES string of the molecule is Cl.N[C@H](c1ccc(Br)c([N+](=O)[O-])c1)C1CCCC1. The molecule has 100 valence electrons. The van der Waals surface area contributed by atoms with Crippen LogP contribution in [-0.4, -0.2) is 4.92 Å². The first kappa shape index (κ1) is 15.4. The van der Waals surface area contributed by atoms with Gasteiger partial charge in [-0.05, 0) is 46.3 Å². The molecule has 0 radical (unpaired) electrons. The molecule has 1 aliphatic carbocycles. The lowest BCUT2D eigenvalue weighted by molar-refractivity contribution is -0.385. The number of hydrogen-bond acceptors (Lipinski definition) is 3. The van der Waals surface area contributed by atoms with Crippen molar-refractivity contribution in [2.45, 2.75) is 31.7 Å². The Labute approximate surface area is 121 Å². The molecule has 1 fully saturated rings. The predicted molar refractivity (Wildman–Crippen MR) is 76.9 cm³/mol. The van der Waals surface area contributed by atoms with Gasteiger partial charge in [-0.3, -0.25) is 10.1 Å². The molecular weight excluding hydrogens is 320 g/mol. The molecule has 2 N–H and O–H groups in total. The Kier molecular flexibility index (Phi) is 5.56. The fraction of sp³-hybridized carbons (Fsp3) is 0.500. The third kappa shape index (κ3) is 3.22. The Hall–Kier alpha value is -0.650. The maximum absolute atomic E-state index is 10.9. The van der Waals surface area contributed by atoms with Crippen LogP contribution in [0.4, 0.5) is 5.69 Å². The van der Waals surface area contributed by atoms with Crippen LogP contribution < -0.4 is 5.73 Å². The van der Waals surface area contributed by atoms with Crippen LogP contribution in [0, 0.1) is 16.0 Å². The highest BCUT2D eigenvalue weighted by molar-refractivity contribution is 9.10. The first-order valence-electron chi connectivity index (χ1n) is 5.79. The van der Waals surface area contributed by atoms with E-state index in [-0.39, 0.29) is 29.1 Å². The van der Waals surface area contributed by atoms with Crippen molar-refractivity contribution in [3.63, 3.8) is 0 Å². The molecule has 0 amide bonds. The Bertz CT molecular complexity index is 436. The smallest absolute Gasteiger partial charge is 0.283 e. The van der Waals surface area contributed by atoms with Crippen molar-refractivity contribution >= 4 is 34.0 Å². The lowest BCUT2D eigenvalue weighted by Gasteiger charge is -2.19. The number of nitrogens with two attached hydrogens (primary N) is 1. The van der Waals surface area contributed by atoms with Crippen molar-refractivity contribution in [1.82, 2.24) is 0 Å². The van der Waals surface area contributed by atoms with Gasteiger partial charge in [0.15, 0.2) is 0 Å². The summed E-state index contributed by atoms with van der Waals surface area (Å²) in [5, 5.41) is 10.9. The summed E-state index contributed by atoms with van der Waals surface area (Å²) in [4.78, 5) is 10.5. The van der Waals surface area contributed by atoms with Crippen molar-refractivity contribution < 1.29 is 4.92 Å². The summed E-state index contributed by atoms with van der Waals surface area (Å²) < 4.78 is 0.505. The highest BCUT2D eigenvalue weighted by Gasteiger charge is 2.25. The molecule has 2 rings (SSSR count). The predicted octanol–water partition coefficient (Wildman–Crippen LogP) is 3.97. The number of benzene rings is 1. The van der Waals surface area contributed by atoms with Gasteiger partial charge in [0.1, 0.15) is 0 Å². The fourth-order valence-corrected chi connectivity index (χ4v) is 2.86. The van der Waals surface area contributed by atoms with Gasteiger partial charge in [0.05, 0.1) is 9.40 Å². The van der Waals surface area contributed by atoms with Crippen LogP contribution in [0.15, 0.2) is 22.7 Å². The zero-order chi connectivity index (χ0) is 12.4. The average Bonchev–Trinajstić information content (AvgIpc) is 2.81. The van der Waals surface area contributed by atoms with Crippen molar-refractivity contribution in [2.75, 3.05) is 0 Å². The average molecular weight is 336 g/mol. The lowest BCUT2D eigenvalue weighted by atomic mass is 9.92. The van der Waals surface area contributed by atoms with E-state index in [1.54, 1.807) is 12.1 Å². The molecule has 6 heteroatoms. The normalized spacial score (nSPS) is 17.2. The van der Waals surface area contributed by atoms with Crippen LogP contribution in [0.2, 0.25) is 0 Å². The van der Waals surface area contributed by atoms with Crippen LogP contribution >= 0.6 is 28.3 Å². The maximum atomic E-state index is 10.9. The molecule has 1 aromatic carbocycles. The quantitative estimate of drug-likeness (QED) is 0.671. The van der Waals surface area contributed by atoms with Gasteiger partial charge < -0.3 is 5.73 Å². The molecule has 0 spiro atoms. The zero-order valence-electron chi connectivity index (χ0n) is 9.84. The third-order valence-electron chi connectivity index (χ3n) is 3.46. The Morgan fingerprint density at radius 3 is 2.56 bits per heavy atom. The lowest BCUT2D eigenvalue weighted by Crippen LogP contribution is -2.19. The van der Waals surface area contributed by atoms with Gasteiger partial charge in [-0.15, -0.1) is 12.4 Å². The van der Waals surface area contributed by atoms with Crippen LogP contribution in [0.5, 0.6) is 0 Å². The summed E-state index contributed by atoms with van der Waals surface area (Å²) in [5.41, 5.74) is 7.14. The van der Waals surface area contributed by atoms with Gasteiger partial charge in [0.25, 0.3) is 5.69 Å². The summed E-state index contributed by atoms with van der Waals surface area (Å²) in [6.45, 7) is 0. The number of nitro groups is 1. The van der Waals surface area contributed by atoms with E-state index in [9.17, 15) is 10.1 Å². The van der Waals surface area contributed by atoms with Crippen LogP contribution in [0.1, 0.15) is 37.3 Å². The summed E-state index contributed by atoms with van der Waals surface area (Å²) in [7, 11) is 0. The Morgan fingerprint density at radius 2 is 2.00 bits per heavy atom. The van der Waals surface area contributed by atoms with Crippen LogP contribution in [0.3, 0.4) is 0 Å². The van der Waals surface area contributed by atoms with Gasteiger partial charge in [-0.2, -0.15) is 0 Å². The summed E-state index contributed by atoms with van der Waals surface area (Å²) >= 11 is 3.18. The number of nitro benzene ring substituents is 1. The minimum absolute atomic E-state index is 0. The number of rotatable bonds is 3. The fourth-order valence-electron chi connectivity index (χ4n) is 2.47. The van der Waals surface area contributed by atoms with Gasteiger partial charge in [0, 0.05) is 12.1 Å². The second-order valence-corrected chi connectivity index (χ2v) is 5.39. The first-order chi connectivity index (χ1) is 8.09. The van der Waals surface area contributed by atoms with E-state index in [1.807, 2.05) is 6.07 Å². The van der Waals surface area contributed by atoms with Gasteiger partial charge >= 0.3 is 0 Å². The van der Waals surface area contributed by atoms with Crippen molar-refractivity contribution in [2.24, 2.45) is 11.7 Å². The second-order valence-electron chi connectivity index (χ2n) is 4.54. The molecule has 1 saturated carbocycles. The summed E-state index contributed by atoms with van der Waals surface area (Å²) in [5.74, 6) is 0.468. The van der Waals surface area contributed by atoms with E-state index in [2.05, 4.69) is 15.9 Å². The topological polar surface area (TPSA) is 69.2 Å². The minimum Gasteiger partial charge on any atom is -0.324 e. The molecule has 1 aliphatic rings. The molecule has 0 saturated heterocycles. The Balaban J connectivity index is 0.00000162. The van der Waals surface area contributed by atoms with Gasteiger partial charge in [-0.1, -0.05) is 18.9 Å². The monoisotopic (exact) mass is 334 g/mol. The van der Waals surface area contributed by atoms with E-state index in [1.165, 1.54) is 12.8 Å². The van der Waals surface area contributed by atoms with Crippen molar-refractivity contribution in [3.05, 3.63) is 38.3 Å². The van der Waals surface area contributed by atoms with E-state index < -0.39 is 0 Å². The molecular formula is C12H16BrClN2O2. The van der Waals surface area contributed by atoms with E-state index in [4.69, 9.17) is 5.73 Å². The summed E-state index contributed by atoms with van der Waals surface area (Å²) in [6, 6.07) is 5.10. The largest absolute Gasteiger partial charge is 0.324 e. The molecule has 0 heterocycles. The number of halogens is 2. The highest BCUT2D eigenvalue weighted by Crippen LogP contribution is 2.36. The molecule has 4 nitrogen and oxygen atoms in total. The molecule has 18 heavy (non-hydrogen) atoms. The molecule has 0 bridgehead atoms. The zero-order valence-corrected chi connectivity index (χ0v) is 12.2. The molecule has 1 aromatic rings. The molecule has 0 aromatic heterocycles. The third-order valence-corrected chi connectivity index (χ3v) is 4.13. The summed E-state index contributed by atoms with van der Waals surface area (Å²) in [6.07, 6.45) is 4.70. The Morgan fingerprint density at radius 1 is 1.39 bits per heavy atom. The van der Waals surface area contributed by atoms with Gasteiger partial charge in [-0.25, -0.2) is 0 Å². The van der Waals surface area contributed by atoms with E-state index in [0.29, 0.717) is 10.4 Å². The van der Waals surface area contributed by atoms with Crippen molar-refractivity contribution in [1.29, 1.82) is 0 Å².